The van der Waals surface area contributed by atoms with Crippen molar-refractivity contribution in [2.45, 2.75) is 24.2 Å². The van der Waals surface area contributed by atoms with Crippen LogP contribution in [0, 0.1) is 5.92 Å². The molecule has 0 atom stereocenters. The Morgan fingerprint density at radius 3 is 2.53 bits per heavy atom. The molecule has 0 spiro atoms. The van der Waals surface area contributed by atoms with Crippen LogP contribution < -0.4 is 0 Å². The largest absolute Gasteiger partial charge is 0.481 e. The van der Waals surface area contributed by atoms with Crippen molar-refractivity contribution in [3.63, 3.8) is 0 Å². The lowest BCUT2D eigenvalue weighted by atomic mass is 9.95. The number of rotatable bonds is 4. The summed E-state index contributed by atoms with van der Waals surface area (Å²) in [5.74, 6) is -0.732. The second-order valence-electron chi connectivity index (χ2n) is 4.96. The molecule has 0 saturated carbocycles. The van der Waals surface area contributed by atoms with Crippen LogP contribution in [0.15, 0.2) is 23.4 Å². The number of nitrogens with zero attached hydrogens (tertiary/aromatic N) is 2. The molecule has 1 aliphatic heterocycles. The van der Waals surface area contributed by atoms with Gasteiger partial charge in [-0.1, -0.05) is 0 Å². The summed E-state index contributed by atoms with van der Waals surface area (Å²) in [4.78, 5) is 10.9. The first-order valence-corrected chi connectivity index (χ1v) is 7.67. The topological polar surface area (TPSA) is 79.6 Å². The number of hydrogen-bond donors (Lipinski definition) is 1. The maximum absolute atomic E-state index is 12.3. The fourth-order valence-corrected chi connectivity index (χ4v) is 3.90. The summed E-state index contributed by atoms with van der Waals surface area (Å²) in [6.45, 7) is 0.796. The van der Waals surface area contributed by atoms with Crippen LogP contribution in [-0.4, -0.2) is 41.5 Å². The van der Waals surface area contributed by atoms with Gasteiger partial charge in [0, 0.05) is 39.0 Å². The summed E-state index contributed by atoms with van der Waals surface area (Å²) in [6.07, 6.45) is 4.62. The van der Waals surface area contributed by atoms with E-state index < -0.39 is 16.0 Å². The summed E-state index contributed by atoms with van der Waals surface area (Å²) in [6, 6.07) is 1.58. The normalized spacial score (nSPS) is 18.6. The van der Waals surface area contributed by atoms with Gasteiger partial charge in [-0.05, 0) is 24.8 Å². The Bertz CT molecular complexity index is 556. The quantitative estimate of drug-likeness (QED) is 0.892. The van der Waals surface area contributed by atoms with Crippen molar-refractivity contribution >= 4 is 16.0 Å². The van der Waals surface area contributed by atoms with Crippen molar-refractivity contribution in [3.05, 3.63) is 18.5 Å². The number of carboxylic acids is 1. The molecule has 1 fully saturated rings. The van der Waals surface area contributed by atoms with Crippen LogP contribution >= 0.6 is 0 Å². The average Bonchev–Trinajstić information content (AvgIpc) is 2.76. The van der Waals surface area contributed by atoms with Gasteiger partial charge in [0.05, 0.1) is 4.90 Å². The zero-order valence-corrected chi connectivity index (χ0v) is 11.6. The maximum Gasteiger partial charge on any atom is 0.303 e. The molecular formula is C12H18N2O4S. The lowest BCUT2D eigenvalue weighted by molar-refractivity contribution is -0.138. The van der Waals surface area contributed by atoms with Crippen LogP contribution in [0.1, 0.15) is 19.3 Å². The number of carboxylic acid groups (broad SMARTS) is 1. The molecule has 2 heterocycles. The van der Waals surface area contributed by atoms with E-state index in [0.717, 1.165) is 0 Å². The lowest BCUT2D eigenvalue weighted by Crippen LogP contribution is -2.38. The Morgan fingerprint density at radius 2 is 2.05 bits per heavy atom. The molecule has 0 unspecified atom stereocenters. The standard InChI is InChI=1S/C12H18N2O4S/c1-13-5-4-11(9-13)19(17,18)14-6-2-10(3-7-14)8-12(15)16/h4-5,9-10H,2-3,6-8H2,1H3,(H,15,16). The fourth-order valence-electron chi connectivity index (χ4n) is 2.38. The lowest BCUT2D eigenvalue weighted by Gasteiger charge is -2.30. The van der Waals surface area contributed by atoms with E-state index in [4.69, 9.17) is 5.11 Å². The van der Waals surface area contributed by atoms with Crippen LogP contribution in [0.5, 0.6) is 0 Å². The van der Waals surface area contributed by atoms with Crippen molar-refractivity contribution in [1.29, 1.82) is 0 Å². The van der Waals surface area contributed by atoms with Gasteiger partial charge in [0.2, 0.25) is 10.0 Å². The van der Waals surface area contributed by atoms with Gasteiger partial charge in [-0.3, -0.25) is 4.79 Å². The number of carbonyl (C=O) groups is 1. The summed E-state index contributed by atoms with van der Waals surface area (Å²) in [5.41, 5.74) is 0. The maximum atomic E-state index is 12.3. The SMILES string of the molecule is Cn1ccc(S(=O)(=O)N2CCC(CC(=O)O)CC2)c1. The van der Waals surface area contributed by atoms with Crippen LogP contribution in [0.2, 0.25) is 0 Å². The first kappa shape index (κ1) is 14.1. The highest BCUT2D eigenvalue weighted by Crippen LogP contribution is 2.25. The summed E-state index contributed by atoms with van der Waals surface area (Å²) < 4.78 is 27.8. The number of sulfonamides is 1. The van der Waals surface area contributed by atoms with Gasteiger partial charge in [0.25, 0.3) is 0 Å². The van der Waals surface area contributed by atoms with Gasteiger partial charge in [0.15, 0.2) is 0 Å². The van der Waals surface area contributed by atoms with Crippen LogP contribution in [0.25, 0.3) is 0 Å². The predicted octanol–water partition coefficient (Wildman–Crippen LogP) is 0.901. The molecule has 106 valence electrons. The number of hydrogen-bond acceptors (Lipinski definition) is 3. The Kier molecular flexibility index (Phi) is 3.96. The second kappa shape index (κ2) is 5.34. The van der Waals surface area contributed by atoms with E-state index in [2.05, 4.69) is 0 Å². The molecule has 0 bridgehead atoms. The third-order valence-electron chi connectivity index (χ3n) is 3.48. The molecule has 1 aromatic rings. The molecule has 0 radical (unpaired) electrons. The van der Waals surface area contributed by atoms with Crippen LogP contribution in [0.4, 0.5) is 0 Å². The van der Waals surface area contributed by atoms with E-state index in [0.29, 0.717) is 30.8 Å². The van der Waals surface area contributed by atoms with Gasteiger partial charge in [-0.25, -0.2) is 8.42 Å². The first-order chi connectivity index (χ1) is 8.89. The van der Waals surface area contributed by atoms with E-state index >= 15 is 0 Å². The highest BCUT2D eigenvalue weighted by Gasteiger charge is 2.30. The average molecular weight is 286 g/mol. The summed E-state index contributed by atoms with van der Waals surface area (Å²) in [7, 11) is -1.65. The zero-order chi connectivity index (χ0) is 14.0. The van der Waals surface area contributed by atoms with E-state index in [1.165, 1.54) is 4.31 Å². The van der Waals surface area contributed by atoms with E-state index in [1.807, 2.05) is 0 Å². The van der Waals surface area contributed by atoms with Gasteiger partial charge in [0.1, 0.15) is 0 Å². The van der Waals surface area contributed by atoms with Crippen molar-refractivity contribution in [2.24, 2.45) is 13.0 Å². The zero-order valence-electron chi connectivity index (χ0n) is 10.8. The predicted molar refractivity (Wildman–Crippen MR) is 69.1 cm³/mol. The highest BCUT2D eigenvalue weighted by molar-refractivity contribution is 7.89. The van der Waals surface area contributed by atoms with Crippen molar-refractivity contribution in [2.75, 3.05) is 13.1 Å². The number of aryl methyl sites for hydroxylation is 1. The Morgan fingerprint density at radius 1 is 1.42 bits per heavy atom. The third kappa shape index (κ3) is 3.16. The minimum absolute atomic E-state index is 0.0831. The molecule has 6 nitrogen and oxygen atoms in total. The number of aromatic nitrogens is 1. The smallest absolute Gasteiger partial charge is 0.303 e. The van der Waals surface area contributed by atoms with Crippen LogP contribution in [0.3, 0.4) is 0 Å². The molecule has 1 aromatic heterocycles. The summed E-state index contributed by atoms with van der Waals surface area (Å²) in [5, 5.41) is 8.74. The van der Waals surface area contributed by atoms with E-state index in [9.17, 15) is 13.2 Å². The van der Waals surface area contributed by atoms with Crippen molar-refractivity contribution in [3.8, 4) is 0 Å². The van der Waals surface area contributed by atoms with Gasteiger partial charge >= 0.3 is 5.97 Å². The molecule has 1 saturated heterocycles. The fraction of sp³-hybridized carbons (Fsp3) is 0.583. The van der Waals surface area contributed by atoms with E-state index in [-0.39, 0.29) is 12.3 Å². The molecule has 1 aliphatic rings. The van der Waals surface area contributed by atoms with Crippen LogP contribution in [-0.2, 0) is 21.9 Å². The second-order valence-corrected chi connectivity index (χ2v) is 6.90. The van der Waals surface area contributed by atoms with Crippen molar-refractivity contribution < 1.29 is 18.3 Å². The highest BCUT2D eigenvalue weighted by atomic mass is 32.2. The molecule has 2 rings (SSSR count). The monoisotopic (exact) mass is 286 g/mol. The van der Waals surface area contributed by atoms with Crippen molar-refractivity contribution in [1.82, 2.24) is 8.87 Å². The summed E-state index contributed by atoms with van der Waals surface area (Å²) >= 11 is 0. The molecular weight excluding hydrogens is 268 g/mol. The van der Waals surface area contributed by atoms with E-state index in [1.54, 1.807) is 30.1 Å². The minimum Gasteiger partial charge on any atom is -0.481 e. The Labute approximate surface area is 112 Å². The molecule has 0 amide bonds. The number of aliphatic carboxylic acids is 1. The molecule has 19 heavy (non-hydrogen) atoms. The Hall–Kier alpha value is -1.34. The Balaban J connectivity index is 2.03. The first-order valence-electron chi connectivity index (χ1n) is 6.23. The molecule has 0 aromatic carbocycles. The molecule has 0 aliphatic carbocycles. The minimum atomic E-state index is -3.43. The molecule has 1 N–H and O–H groups in total. The van der Waals surface area contributed by atoms with Gasteiger partial charge in [-0.15, -0.1) is 0 Å². The van der Waals surface area contributed by atoms with Gasteiger partial charge < -0.3 is 9.67 Å². The number of piperidine rings is 1. The third-order valence-corrected chi connectivity index (χ3v) is 5.36. The molecule has 7 heteroatoms. The van der Waals surface area contributed by atoms with Gasteiger partial charge in [-0.2, -0.15) is 4.31 Å².